The van der Waals surface area contributed by atoms with Gasteiger partial charge in [0.1, 0.15) is 17.4 Å². The lowest BCUT2D eigenvalue weighted by Gasteiger charge is -2.10. The molecule has 0 aliphatic rings. The standard InChI is InChI=1S/C14H12N2O2/c1-8-9(2)13(16-14(18)12(8)7-15)10-4-3-5-11(17)6-10/h3-6,17H,1-2H3,(H,16,18). The van der Waals surface area contributed by atoms with Gasteiger partial charge < -0.3 is 10.1 Å². The lowest BCUT2D eigenvalue weighted by atomic mass is 10.00. The lowest BCUT2D eigenvalue weighted by molar-refractivity contribution is 0.475. The van der Waals surface area contributed by atoms with Gasteiger partial charge in [0, 0.05) is 5.56 Å². The van der Waals surface area contributed by atoms with Gasteiger partial charge >= 0.3 is 0 Å². The largest absolute Gasteiger partial charge is 0.508 e. The van der Waals surface area contributed by atoms with Gasteiger partial charge in [-0.05, 0) is 37.1 Å². The van der Waals surface area contributed by atoms with Crippen LogP contribution in [0.25, 0.3) is 11.3 Å². The summed E-state index contributed by atoms with van der Waals surface area (Å²) in [5.74, 6) is 0.134. The van der Waals surface area contributed by atoms with Crippen LogP contribution in [0, 0.1) is 25.2 Å². The molecule has 4 nitrogen and oxygen atoms in total. The summed E-state index contributed by atoms with van der Waals surface area (Å²) < 4.78 is 0. The summed E-state index contributed by atoms with van der Waals surface area (Å²) >= 11 is 0. The zero-order chi connectivity index (χ0) is 13.3. The average Bonchev–Trinajstić information content (AvgIpc) is 2.34. The summed E-state index contributed by atoms with van der Waals surface area (Å²) in [6.07, 6.45) is 0. The molecule has 0 saturated carbocycles. The molecule has 0 fully saturated rings. The van der Waals surface area contributed by atoms with Crippen molar-refractivity contribution in [3.8, 4) is 23.1 Å². The highest BCUT2D eigenvalue weighted by molar-refractivity contribution is 5.66. The maximum absolute atomic E-state index is 11.8. The van der Waals surface area contributed by atoms with E-state index in [9.17, 15) is 9.90 Å². The van der Waals surface area contributed by atoms with E-state index in [1.807, 2.05) is 13.0 Å². The zero-order valence-electron chi connectivity index (χ0n) is 10.1. The van der Waals surface area contributed by atoms with Gasteiger partial charge in [-0.1, -0.05) is 12.1 Å². The first-order valence-corrected chi connectivity index (χ1v) is 5.47. The number of phenolic OH excluding ortho intramolecular Hbond substituents is 1. The summed E-state index contributed by atoms with van der Waals surface area (Å²) in [6, 6.07) is 8.54. The van der Waals surface area contributed by atoms with E-state index in [-0.39, 0.29) is 11.3 Å². The van der Waals surface area contributed by atoms with E-state index in [4.69, 9.17) is 5.26 Å². The molecule has 0 saturated heterocycles. The Kier molecular flexibility index (Phi) is 2.90. The number of aromatic hydroxyl groups is 1. The number of nitrogens with one attached hydrogen (secondary N) is 1. The molecule has 0 bridgehead atoms. The Morgan fingerprint density at radius 2 is 2.00 bits per heavy atom. The number of hydrogen-bond acceptors (Lipinski definition) is 3. The van der Waals surface area contributed by atoms with Gasteiger partial charge in [0.15, 0.2) is 0 Å². The fourth-order valence-electron chi connectivity index (χ4n) is 1.90. The molecule has 0 aliphatic heterocycles. The minimum atomic E-state index is -0.404. The molecular weight excluding hydrogens is 228 g/mol. The monoisotopic (exact) mass is 240 g/mol. The van der Waals surface area contributed by atoms with Crippen molar-refractivity contribution < 1.29 is 5.11 Å². The minimum Gasteiger partial charge on any atom is -0.508 e. The van der Waals surface area contributed by atoms with Crippen molar-refractivity contribution in [2.24, 2.45) is 0 Å². The minimum absolute atomic E-state index is 0.134. The summed E-state index contributed by atoms with van der Waals surface area (Å²) in [5.41, 5.74) is 2.58. The van der Waals surface area contributed by atoms with E-state index < -0.39 is 5.56 Å². The molecule has 0 unspecified atom stereocenters. The third-order valence-corrected chi connectivity index (χ3v) is 3.02. The first kappa shape index (κ1) is 11.9. The van der Waals surface area contributed by atoms with Crippen molar-refractivity contribution in [2.75, 3.05) is 0 Å². The van der Waals surface area contributed by atoms with E-state index >= 15 is 0 Å². The quantitative estimate of drug-likeness (QED) is 0.802. The SMILES string of the molecule is Cc1c(-c2cccc(O)c2)[nH]c(=O)c(C#N)c1C. The molecule has 0 spiro atoms. The molecule has 2 aromatic rings. The highest BCUT2D eigenvalue weighted by Gasteiger charge is 2.12. The average molecular weight is 240 g/mol. The second-order valence-corrected chi connectivity index (χ2v) is 4.12. The van der Waals surface area contributed by atoms with Crippen molar-refractivity contribution in [3.63, 3.8) is 0 Å². The van der Waals surface area contributed by atoms with Crippen molar-refractivity contribution >= 4 is 0 Å². The molecular formula is C14H12N2O2. The van der Waals surface area contributed by atoms with Crippen LogP contribution >= 0.6 is 0 Å². The maximum Gasteiger partial charge on any atom is 0.266 e. The molecule has 4 heteroatoms. The Morgan fingerprint density at radius 1 is 1.28 bits per heavy atom. The number of pyridine rings is 1. The summed E-state index contributed by atoms with van der Waals surface area (Å²) in [4.78, 5) is 14.5. The van der Waals surface area contributed by atoms with E-state index in [1.165, 1.54) is 0 Å². The van der Waals surface area contributed by atoms with Gasteiger partial charge in [0.2, 0.25) is 0 Å². The Labute approximate surface area is 104 Å². The summed E-state index contributed by atoms with van der Waals surface area (Å²) in [5, 5.41) is 18.4. The van der Waals surface area contributed by atoms with E-state index in [0.717, 1.165) is 11.1 Å². The van der Waals surface area contributed by atoms with Crippen molar-refractivity contribution in [1.29, 1.82) is 5.26 Å². The topological polar surface area (TPSA) is 76.9 Å². The van der Waals surface area contributed by atoms with Crippen LogP contribution in [-0.4, -0.2) is 10.1 Å². The number of phenols is 1. The maximum atomic E-state index is 11.8. The number of aromatic amines is 1. The van der Waals surface area contributed by atoms with Crippen LogP contribution in [0.15, 0.2) is 29.1 Å². The van der Waals surface area contributed by atoms with Gasteiger partial charge in [0.25, 0.3) is 5.56 Å². The predicted octanol–water partition coefficient (Wildman–Crippen LogP) is 2.24. The third-order valence-electron chi connectivity index (χ3n) is 3.02. The first-order valence-electron chi connectivity index (χ1n) is 5.47. The smallest absolute Gasteiger partial charge is 0.266 e. The van der Waals surface area contributed by atoms with Crippen LogP contribution in [0.5, 0.6) is 5.75 Å². The van der Waals surface area contributed by atoms with Crippen molar-refractivity contribution in [3.05, 3.63) is 51.3 Å². The second-order valence-electron chi connectivity index (χ2n) is 4.12. The first-order chi connectivity index (χ1) is 8.54. The molecule has 2 N–H and O–H groups in total. The van der Waals surface area contributed by atoms with Gasteiger partial charge in [-0.15, -0.1) is 0 Å². The third kappa shape index (κ3) is 1.87. The number of aromatic nitrogens is 1. The molecule has 0 aliphatic carbocycles. The molecule has 18 heavy (non-hydrogen) atoms. The number of benzene rings is 1. The van der Waals surface area contributed by atoms with Crippen LogP contribution in [0.3, 0.4) is 0 Å². The Bertz CT molecular complexity index is 709. The molecule has 1 heterocycles. The highest BCUT2D eigenvalue weighted by atomic mass is 16.3. The zero-order valence-corrected chi connectivity index (χ0v) is 10.1. The highest BCUT2D eigenvalue weighted by Crippen LogP contribution is 2.25. The number of rotatable bonds is 1. The number of nitrogens with zero attached hydrogens (tertiary/aromatic N) is 1. The Morgan fingerprint density at radius 3 is 2.61 bits per heavy atom. The van der Waals surface area contributed by atoms with E-state index in [2.05, 4.69) is 4.98 Å². The second kappa shape index (κ2) is 4.38. The molecule has 0 radical (unpaired) electrons. The van der Waals surface area contributed by atoms with E-state index in [0.29, 0.717) is 11.3 Å². The molecule has 1 aromatic carbocycles. The fraction of sp³-hybridized carbons (Fsp3) is 0.143. The molecule has 1 aromatic heterocycles. The van der Waals surface area contributed by atoms with Crippen molar-refractivity contribution in [1.82, 2.24) is 4.98 Å². The van der Waals surface area contributed by atoms with Crippen LogP contribution in [-0.2, 0) is 0 Å². The Hall–Kier alpha value is -2.54. The lowest BCUT2D eigenvalue weighted by Crippen LogP contribution is -2.14. The molecule has 0 amide bonds. The van der Waals surface area contributed by atoms with Gasteiger partial charge in [-0.3, -0.25) is 4.79 Å². The van der Waals surface area contributed by atoms with Crippen LogP contribution in [0.1, 0.15) is 16.7 Å². The van der Waals surface area contributed by atoms with Crippen LogP contribution < -0.4 is 5.56 Å². The fourth-order valence-corrected chi connectivity index (χ4v) is 1.90. The summed E-state index contributed by atoms with van der Waals surface area (Å²) in [7, 11) is 0. The molecule has 90 valence electrons. The number of H-pyrrole nitrogens is 1. The summed E-state index contributed by atoms with van der Waals surface area (Å²) in [6.45, 7) is 3.58. The van der Waals surface area contributed by atoms with Crippen LogP contribution in [0.4, 0.5) is 0 Å². The van der Waals surface area contributed by atoms with Crippen molar-refractivity contribution in [2.45, 2.75) is 13.8 Å². The van der Waals surface area contributed by atoms with Gasteiger partial charge in [-0.25, -0.2) is 0 Å². The van der Waals surface area contributed by atoms with E-state index in [1.54, 1.807) is 31.2 Å². The normalized spacial score (nSPS) is 10.1. The van der Waals surface area contributed by atoms with Crippen LogP contribution in [0.2, 0.25) is 0 Å². The molecule has 2 rings (SSSR count). The van der Waals surface area contributed by atoms with Gasteiger partial charge in [0.05, 0.1) is 5.69 Å². The predicted molar refractivity (Wildman–Crippen MR) is 68.4 cm³/mol. The Balaban J connectivity index is 2.75. The number of nitriles is 1. The number of hydrogen-bond donors (Lipinski definition) is 2. The van der Waals surface area contributed by atoms with Gasteiger partial charge in [-0.2, -0.15) is 5.26 Å². The molecule has 0 atom stereocenters.